The number of carbonyl (C=O) groups excluding carboxylic acids is 1. The number of likely N-dealkylation sites (tertiary alicyclic amines) is 1. The molecule has 170 valence electrons. The Morgan fingerprint density at radius 1 is 0.879 bits per heavy atom. The Kier molecular flexibility index (Phi) is 5.94. The standard InChI is InChI=1S/C27H25F3N2O/c28-19-5-3-18(4-6-19)27(33)2-1-14-31-15-13-26-24(17-31)23-16-21(30)9-12-25(23)32(26)22-10-7-20(29)8-11-22/h3-12,16,24,26H,1-2,13-15,17H2/t24-,26+/m0/s1. The van der Waals surface area contributed by atoms with Crippen molar-refractivity contribution >= 4 is 17.2 Å². The fraction of sp³-hybridized carbons (Fsp3) is 0.296. The molecule has 2 aliphatic heterocycles. The molecular formula is C27H25F3N2O. The van der Waals surface area contributed by atoms with Crippen molar-refractivity contribution in [2.75, 3.05) is 24.5 Å². The fourth-order valence-electron chi connectivity index (χ4n) is 5.22. The Labute approximate surface area is 191 Å². The Morgan fingerprint density at radius 2 is 1.55 bits per heavy atom. The van der Waals surface area contributed by atoms with Gasteiger partial charge in [-0.25, -0.2) is 13.2 Å². The second-order valence-electron chi connectivity index (χ2n) is 8.85. The van der Waals surface area contributed by atoms with Gasteiger partial charge in [-0.3, -0.25) is 4.79 Å². The highest BCUT2D eigenvalue weighted by Crippen LogP contribution is 2.48. The van der Waals surface area contributed by atoms with Crippen molar-refractivity contribution in [3.05, 3.63) is 95.3 Å². The molecule has 0 amide bonds. The lowest BCUT2D eigenvalue weighted by atomic mass is 9.88. The molecule has 6 heteroatoms. The lowest BCUT2D eigenvalue weighted by Gasteiger charge is -2.39. The maximum atomic E-state index is 14.1. The lowest BCUT2D eigenvalue weighted by molar-refractivity contribution is 0.0971. The number of carbonyl (C=O) groups is 1. The molecule has 2 heterocycles. The minimum absolute atomic E-state index is 0.0145. The van der Waals surface area contributed by atoms with Gasteiger partial charge >= 0.3 is 0 Å². The molecule has 33 heavy (non-hydrogen) atoms. The van der Waals surface area contributed by atoms with E-state index in [4.69, 9.17) is 0 Å². The number of Topliss-reactive ketones (excluding diaryl/α,β-unsaturated/α-hetero) is 1. The van der Waals surface area contributed by atoms with Crippen molar-refractivity contribution in [3.8, 4) is 0 Å². The van der Waals surface area contributed by atoms with E-state index in [2.05, 4.69) is 9.80 Å². The summed E-state index contributed by atoms with van der Waals surface area (Å²) in [5.74, 6) is -0.727. The molecule has 3 aromatic carbocycles. The van der Waals surface area contributed by atoms with Gasteiger partial charge in [-0.15, -0.1) is 0 Å². The van der Waals surface area contributed by atoms with Gasteiger partial charge in [0.1, 0.15) is 17.5 Å². The quantitative estimate of drug-likeness (QED) is 0.426. The molecule has 1 fully saturated rings. The first kappa shape index (κ1) is 21.7. The number of ketones is 1. The number of anilines is 2. The summed E-state index contributed by atoms with van der Waals surface area (Å²) < 4.78 is 40.7. The smallest absolute Gasteiger partial charge is 0.162 e. The molecule has 5 rings (SSSR count). The zero-order valence-corrected chi connectivity index (χ0v) is 18.2. The van der Waals surface area contributed by atoms with Gasteiger partial charge in [0.25, 0.3) is 0 Å². The van der Waals surface area contributed by atoms with Crippen molar-refractivity contribution in [2.45, 2.75) is 31.2 Å². The SMILES string of the molecule is O=C(CCCN1CC[C@@H]2[C@@H](C1)c1cc(F)ccc1N2c1ccc(F)cc1)c1ccc(F)cc1. The summed E-state index contributed by atoms with van der Waals surface area (Å²) in [5.41, 5.74) is 3.41. The van der Waals surface area contributed by atoms with Crippen LogP contribution in [0.5, 0.6) is 0 Å². The number of fused-ring (bicyclic) bond motifs is 3. The summed E-state index contributed by atoms with van der Waals surface area (Å²) in [6.45, 7) is 2.43. The van der Waals surface area contributed by atoms with Crippen LogP contribution in [0, 0.1) is 17.5 Å². The molecule has 0 aromatic heterocycles. The summed E-state index contributed by atoms with van der Waals surface area (Å²) >= 11 is 0. The number of rotatable bonds is 6. The average Bonchev–Trinajstić information content (AvgIpc) is 3.13. The van der Waals surface area contributed by atoms with E-state index in [1.807, 2.05) is 6.07 Å². The van der Waals surface area contributed by atoms with Gasteiger partial charge in [-0.2, -0.15) is 0 Å². The van der Waals surface area contributed by atoms with Crippen molar-refractivity contribution in [3.63, 3.8) is 0 Å². The van der Waals surface area contributed by atoms with E-state index in [0.29, 0.717) is 18.4 Å². The summed E-state index contributed by atoms with van der Waals surface area (Å²) in [6, 6.07) is 17.2. The summed E-state index contributed by atoms with van der Waals surface area (Å²) in [7, 11) is 0. The van der Waals surface area contributed by atoms with Gasteiger partial charge in [0.2, 0.25) is 0 Å². The molecule has 3 nitrogen and oxygen atoms in total. The van der Waals surface area contributed by atoms with Crippen LogP contribution in [-0.4, -0.2) is 36.4 Å². The van der Waals surface area contributed by atoms with Crippen molar-refractivity contribution in [1.29, 1.82) is 0 Å². The van der Waals surface area contributed by atoms with Crippen LogP contribution in [0.4, 0.5) is 24.5 Å². The first-order valence-electron chi connectivity index (χ1n) is 11.3. The lowest BCUT2D eigenvalue weighted by Crippen LogP contribution is -2.45. The predicted octanol–water partition coefficient (Wildman–Crippen LogP) is 6.08. The molecule has 3 aromatic rings. The van der Waals surface area contributed by atoms with Crippen LogP contribution < -0.4 is 4.90 Å². The van der Waals surface area contributed by atoms with E-state index in [-0.39, 0.29) is 35.2 Å². The highest BCUT2D eigenvalue weighted by molar-refractivity contribution is 5.95. The van der Waals surface area contributed by atoms with Crippen molar-refractivity contribution in [2.24, 2.45) is 0 Å². The van der Waals surface area contributed by atoms with E-state index < -0.39 is 0 Å². The van der Waals surface area contributed by atoms with Gasteiger partial charge in [-0.05, 0) is 91.7 Å². The van der Waals surface area contributed by atoms with Crippen LogP contribution in [-0.2, 0) is 0 Å². The number of benzene rings is 3. The zero-order valence-electron chi connectivity index (χ0n) is 18.2. The zero-order chi connectivity index (χ0) is 22.9. The normalized spacial score (nSPS) is 19.9. The topological polar surface area (TPSA) is 23.6 Å². The highest BCUT2D eigenvalue weighted by Gasteiger charge is 2.42. The van der Waals surface area contributed by atoms with E-state index in [0.717, 1.165) is 43.0 Å². The third-order valence-corrected chi connectivity index (χ3v) is 6.79. The van der Waals surface area contributed by atoms with Crippen LogP contribution in [0.15, 0.2) is 66.7 Å². The van der Waals surface area contributed by atoms with Gasteiger partial charge in [0.05, 0.1) is 0 Å². The second-order valence-corrected chi connectivity index (χ2v) is 8.85. The number of halogens is 3. The van der Waals surface area contributed by atoms with Crippen LogP contribution >= 0.6 is 0 Å². The molecule has 0 spiro atoms. The maximum absolute atomic E-state index is 14.1. The number of piperidine rings is 1. The summed E-state index contributed by atoms with van der Waals surface area (Å²) in [4.78, 5) is 16.9. The largest absolute Gasteiger partial charge is 0.337 e. The Hall–Kier alpha value is -3.12. The average molecular weight is 451 g/mol. The van der Waals surface area contributed by atoms with Crippen LogP contribution in [0.1, 0.15) is 41.1 Å². The molecular weight excluding hydrogens is 425 g/mol. The molecule has 2 aliphatic rings. The molecule has 0 aliphatic carbocycles. The third kappa shape index (κ3) is 4.40. The first-order chi connectivity index (χ1) is 16.0. The van der Waals surface area contributed by atoms with Crippen molar-refractivity contribution in [1.82, 2.24) is 4.90 Å². The fourth-order valence-corrected chi connectivity index (χ4v) is 5.22. The molecule has 0 bridgehead atoms. The maximum Gasteiger partial charge on any atom is 0.162 e. The minimum atomic E-state index is -0.350. The van der Waals surface area contributed by atoms with Crippen LogP contribution in [0.25, 0.3) is 0 Å². The molecule has 0 unspecified atom stereocenters. The minimum Gasteiger partial charge on any atom is -0.337 e. The summed E-state index contributed by atoms with van der Waals surface area (Å²) in [5, 5.41) is 0. The van der Waals surface area contributed by atoms with E-state index >= 15 is 0 Å². The van der Waals surface area contributed by atoms with E-state index in [1.165, 1.54) is 42.5 Å². The first-order valence-corrected chi connectivity index (χ1v) is 11.3. The monoisotopic (exact) mass is 450 g/mol. The van der Waals surface area contributed by atoms with Crippen LogP contribution in [0.2, 0.25) is 0 Å². The predicted molar refractivity (Wildman–Crippen MR) is 122 cm³/mol. The number of nitrogens with zero attached hydrogens (tertiary/aromatic N) is 2. The molecule has 2 atom stereocenters. The Bertz CT molecular complexity index is 1150. The molecule has 0 N–H and O–H groups in total. The van der Waals surface area contributed by atoms with Gasteiger partial charge in [0.15, 0.2) is 5.78 Å². The number of hydrogen-bond acceptors (Lipinski definition) is 3. The Balaban J connectivity index is 1.27. The third-order valence-electron chi connectivity index (χ3n) is 6.79. The van der Waals surface area contributed by atoms with Gasteiger partial charge in [-0.1, -0.05) is 0 Å². The summed E-state index contributed by atoms with van der Waals surface area (Å²) in [6.07, 6.45) is 2.01. The van der Waals surface area contributed by atoms with E-state index in [1.54, 1.807) is 18.2 Å². The molecule has 1 saturated heterocycles. The van der Waals surface area contributed by atoms with Crippen molar-refractivity contribution < 1.29 is 18.0 Å². The second kappa shape index (κ2) is 9.02. The molecule has 0 radical (unpaired) electrons. The molecule has 0 saturated carbocycles. The van der Waals surface area contributed by atoms with Gasteiger partial charge in [0, 0.05) is 48.4 Å². The number of hydrogen-bond donors (Lipinski definition) is 0. The van der Waals surface area contributed by atoms with Gasteiger partial charge < -0.3 is 9.80 Å². The highest BCUT2D eigenvalue weighted by atomic mass is 19.1. The van der Waals surface area contributed by atoms with Crippen LogP contribution in [0.3, 0.4) is 0 Å². The van der Waals surface area contributed by atoms with E-state index in [9.17, 15) is 18.0 Å². The Morgan fingerprint density at radius 3 is 2.27 bits per heavy atom.